The number of nitro groups is 1. The summed E-state index contributed by atoms with van der Waals surface area (Å²) in [6, 6.07) is 11.9. The summed E-state index contributed by atoms with van der Waals surface area (Å²) in [5.74, 6) is -0.494. The van der Waals surface area contributed by atoms with E-state index in [9.17, 15) is 14.9 Å². The third kappa shape index (κ3) is 3.76. The second kappa shape index (κ2) is 6.62. The Morgan fingerprint density at radius 2 is 2.00 bits per heavy atom. The van der Waals surface area contributed by atoms with Gasteiger partial charge in [-0.3, -0.25) is 14.9 Å². The Balaban J connectivity index is 2.09. The van der Waals surface area contributed by atoms with Crippen molar-refractivity contribution in [1.82, 2.24) is 5.43 Å². The lowest BCUT2D eigenvalue weighted by molar-refractivity contribution is -0.385. The molecule has 6 nitrogen and oxygen atoms in total. The summed E-state index contributed by atoms with van der Waals surface area (Å²) < 4.78 is 0. The Kier molecular flexibility index (Phi) is 4.63. The van der Waals surface area contributed by atoms with Gasteiger partial charge in [-0.2, -0.15) is 5.10 Å². The van der Waals surface area contributed by atoms with E-state index in [1.54, 1.807) is 6.92 Å². The Bertz CT molecular complexity index is 754. The van der Waals surface area contributed by atoms with E-state index in [1.165, 1.54) is 24.4 Å². The molecule has 112 valence electrons. The first kappa shape index (κ1) is 15.4. The van der Waals surface area contributed by atoms with E-state index in [1.807, 2.05) is 31.2 Å². The number of nitro benzene ring substituents is 1. The Morgan fingerprint density at radius 1 is 1.23 bits per heavy atom. The number of carbonyl (C=O) groups excluding carboxylic acids is 1. The van der Waals surface area contributed by atoms with E-state index in [0.29, 0.717) is 5.56 Å². The maximum atomic E-state index is 11.9. The molecule has 0 saturated heterocycles. The highest BCUT2D eigenvalue weighted by Crippen LogP contribution is 2.19. The van der Waals surface area contributed by atoms with Gasteiger partial charge in [0.1, 0.15) is 0 Å². The molecule has 0 aliphatic carbocycles. The van der Waals surface area contributed by atoms with E-state index >= 15 is 0 Å². The predicted octanol–water partition coefficient (Wildman–Crippen LogP) is 2.98. The van der Waals surface area contributed by atoms with Gasteiger partial charge in [0.05, 0.1) is 11.1 Å². The molecular formula is C16H15N3O3. The molecule has 0 heterocycles. The zero-order valence-corrected chi connectivity index (χ0v) is 12.2. The Morgan fingerprint density at radius 3 is 2.68 bits per heavy atom. The molecular weight excluding hydrogens is 282 g/mol. The van der Waals surface area contributed by atoms with Crippen molar-refractivity contribution in [2.24, 2.45) is 5.10 Å². The standard InChI is InChI=1S/C16H15N3O3/c1-11-4-3-5-13(8-11)10-17-18-16(20)14-7-6-12(2)15(9-14)19(21)22/h3-10H,1-2H3,(H,18,20). The van der Waals surface area contributed by atoms with Gasteiger partial charge in [-0.25, -0.2) is 5.43 Å². The van der Waals surface area contributed by atoms with Gasteiger partial charge in [-0.1, -0.05) is 35.9 Å². The van der Waals surface area contributed by atoms with Gasteiger partial charge in [0.25, 0.3) is 11.6 Å². The molecule has 0 aliphatic heterocycles. The van der Waals surface area contributed by atoms with Crippen LogP contribution in [0.15, 0.2) is 47.6 Å². The number of nitrogens with zero attached hydrogens (tertiary/aromatic N) is 2. The lowest BCUT2D eigenvalue weighted by Crippen LogP contribution is -2.17. The SMILES string of the molecule is Cc1cccc(C=NNC(=O)c2ccc(C)c([N+](=O)[O-])c2)c1. The lowest BCUT2D eigenvalue weighted by Gasteiger charge is -2.02. The number of hydrogen-bond donors (Lipinski definition) is 1. The van der Waals surface area contributed by atoms with Crippen LogP contribution in [0.1, 0.15) is 27.0 Å². The Hall–Kier alpha value is -3.02. The van der Waals surface area contributed by atoms with Crippen LogP contribution >= 0.6 is 0 Å². The van der Waals surface area contributed by atoms with Crippen LogP contribution in [-0.2, 0) is 0 Å². The highest BCUT2D eigenvalue weighted by Gasteiger charge is 2.14. The Labute approximate surface area is 127 Å². The minimum atomic E-state index is -0.512. The van der Waals surface area contributed by atoms with Crippen molar-refractivity contribution < 1.29 is 9.72 Å². The largest absolute Gasteiger partial charge is 0.273 e. The van der Waals surface area contributed by atoms with E-state index in [2.05, 4.69) is 10.5 Å². The molecule has 0 aliphatic rings. The fraction of sp³-hybridized carbons (Fsp3) is 0.125. The second-order valence-electron chi connectivity index (χ2n) is 4.87. The molecule has 22 heavy (non-hydrogen) atoms. The molecule has 0 bridgehead atoms. The van der Waals surface area contributed by atoms with Crippen LogP contribution in [0, 0.1) is 24.0 Å². The molecule has 2 aromatic rings. The van der Waals surface area contributed by atoms with Crippen LogP contribution < -0.4 is 5.43 Å². The first-order chi connectivity index (χ1) is 10.5. The van der Waals surface area contributed by atoms with Crippen molar-refractivity contribution in [2.75, 3.05) is 0 Å². The maximum absolute atomic E-state index is 11.9. The van der Waals surface area contributed by atoms with Gasteiger partial charge in [0, 0.05) is 17.2 Å². The van der Waals surface area contributed by atoms with E-state index < -0.39 is 10.8 Å². The monoisotopic (exact) mass is 297 g/mol. The van der Waals surface area contributed by atoms with Crippen molar-refractivity contribution in [3.8, 4) is 0 Å². The summed E-state index contributed by atoms with van der Waals surface area (Å²) in [5, 5.41) is 14.7. The third-order valence-electron chi connectivity index (χ3n) is 3.09. The maximum Gasteiger partial charge on any atom is 0.273 e. The van der Waals surface area contributed by atoms with Crippen molar-refractivity contribution in [3.05, 3.63) is 74.8 Å². The van der Waals surface area contributed by atoms with E-state index in [0.717, 1.165) is 11.1 Å². The molecule has 0 atom stereocenters. The number of hydrogen-bond acceptors (Lipinski definition) is 4. The second-order valence-corrected chi connectivity index (χ2v) is 4.87. The van der Waals surface area contributed by atoms with E-state index in [-0.39, 0.29) is 11.3 Å². The lowest BCUT2D eigenvalue weighted by atomic mass is 10.1. The quantitative estimate of drug-likeness (QED) is 0.535. The van der Waals surface area contributed by atoms with Gasteiger partial charge >= 0.3 is 0 Å². The smallest absolute Gasteiger partial charge is 0.267 e. The van der Waals surface area contributed by atoms with Crippen molar-refractivity contribution >= 4 is 17.8 Å². The molecule has 0 aromatic heterocycles. The molecule has 0 radical (unpaired) electrons. The van der Waals surface area contributed by atoms with Gasteiger partial charge in [-0.15, -0.1) is 0 Å². The third-order valence-corrected chi connectivity index (χ3v) is 3.09. The summed E-state index contributed by atoms with van der Waals surface area (Å²) in [5.41, 5.74) is 4.91. The first-order valence-corrected chi connectivity index (χ1v) is 6.62. The molecule has 2 aromatic carbocycles. The van der Waals surface area contributed by atoms with Crippen LogP contribution in [0.3, 0.4) is 0 Å². The molecule has 0 fully saturated rings. The molecule has 0 spiro atoms. The highest BCUT2D eigenvalue weighted by atomic mass is 16.6. The molecule has 1 amide bonds. The van der Waals surface area contributed by atoms with Crippen molar-refractivity contribution in [2.45, 2.75) is 13.8 Å². The summed E-state index contributed by atoms with van der Waals surface area (Å²) in [6.07, 6.45) is 1.52. The summed E-state index contributed by atoms with van der Waals surface area (Å²) in [6.45, 7) is 3.58. The van der Waals surface area contributed by atoms with Gasteiger partial charge < -0.3 is 0 Å². The normalized spacial score (nSPS) is 10.6. The zero-order valence-electron chi connectivity index (χ0n) is 12.2. The summed E-state index contributed by atoms with van der Waals surface area (Å²) in [4.78, 5) is 22.3. The molecule has 1 N–H and O–H groups in total. The number of amides is 1. The number of carbonyl (C=O) groups is 1. The van der Waals surface area contributed by atoms with Crippen molar-refractivity contribution in [3.63, 3.8) is 0 Å². The summed E-state index contributed by atoms with van der Waals surface area (Å²) in [7, 11) is 0. The van der Waals surface area contributed by atoms with Crippen LogP contribution in [0.2, 0.25) is 0 Å². The number of aryl methyl sites for hydroxylation is 2. The number of rotatable bonds is 4. The van der Waals surface area contributed by atoms with Crippen LogP contribution in [0.25, 0.3) is 0 Å². The molecule has 6 heteroatoms. The van der Waals surface area contributed by atoms with Crippen molar-refractivity contribution in [1.29, 1.82) is 0 Å². The van der Waals surface area contributed by atoms with Crippen LogP contribution in [0.5, 0.6) is 0 Å². The average molecular weight is 297 g/mol. The minimum Gasteiger partial charge on any atom is -0.267 e. The van der Waals surface area contributed by atoms with E-state index in [4.69, 9.17) is 0 Å². The number of nitrogens with one attached hydrogen (secondary N) is 1. The van der Waals surface area contributed by atoms with Gasteiger partial charge in [-0.05, 0) is 25.5 Å². The highest BCUT2D eigenvalue weighted by molar-refractivity contribution is 5.95. The number of benzene rings is 2. The van der Waals surface area contributed by atoms with Gasteiger partial charge in [0.2, 0.25) is 0 Å². The summed E-state index contributed by atoms with van der Waals surface area (Å²) >= 11 is 0. The fourth-order valence-electron chi connectivity index (χ4n) is 1.93. The zero-order chi connectivity index (χ0) is 16.1. The molecule has 0 unspecified atom stereocenters. The molecule has 0 saturated carbocycles. The predicted molar refractivity (Wildman–Crippen MR) is 84.1 cm³/mol. The topological polar surface area (TPSA) is 84.6 Å². The minimum absolute atomic E-state index is 0.0877. The fourth-order valence-corrected chi connectivity index (χ4v) is 1.93. The average Bonchev–Trinajstić information content (AvgIpc) is 2.47. The van der Waals surface area contributed by atoms with Gasteiger partial charge in [0.15, 0.2) is 0 Å². The number of hydrazone groups is 1. The molecule has 2 rings (SSSR count). The van der Waals surface area contributed by atoms with Crippen LogP contribution in [0.4, 0.5) is 5.69 Å². The first-order valence-electron chi connectivity index (χ1n) is 6.62. The van der Waals surface area contributed by atoms with Crippen LogP contribution in [-0.4, -0.2) is 17.0 Å².